The Kier molecular flexibility index (Phi) is 3.74. The molecule has 0 N–H and O–H groups in total. The Hall–Kier alpha value is -2.14. The average molecular weight is 301 g/mol. The van der Waals surface area contributed by atoms with Gasteiger partial charge in [0, 0.05) is 5.56 Å². The first-order chi connectivity index (χ1) is 10.6. The van der Waals surface area contributed by atoms with Crippen molar-refractivity contribution >= 4 is 11.9 Å². The summed E-state index contributed by atoms with van der Waals surface area (Å²) in [7, 11) is 1.31. The molecule has 2 aliphatic heterocycles. The van der Waals surface area contributed by atoms with E-state index in [1.54, 1.807) is 11.0 Å². The zero-order valence-corrected chi connectivity index (χ0v) is 12.5. The van der Waals surface area contributed by atoms with Crippen molar-refractivity contribution in [1.82, 2.24) is 4.90 Å². The predicted molar refractivity (Wildman–Crippen MR) is 79.6 cm³/mol. The van der Waals surface area contributed by atoms with Crippen LogP contribution in [0, 0.1) is 5.41 Å². The number of carbonyl (C=O) groups excluding carboxylic acids is 2. The number of amides is 1. The van der Waals surface area contributed by atoms with Gasteiger partial charge in [-0.2, -0.15) is 0 Å². The molecule has 5 nitrogen and oxygen atoms in total. The van der Waals surface area contributed by atoms with Gasteiger partial charge in [0.05, 0.1) is 19.8 Å². The highest BCUT2D eigenvalue weighted by molar-refractivity contribution is 6.05. The minimum atomic E-state index is -1.15. The second-order valence-corrected chi connectivity index (χ2v) is 5.73. The van der Waals surface area contributed by atoms with Gasteiger partial charge in [-0.1, -0.05) is 36.4 Å². The number of allylic oxidation sites excluding steroid dienone is 1. The third-order valence-electron chi connectivity index (χ3n) is 4.47. The van der Waals surface area contributed by atoms with E-state index in [4.69, 9.17) is 9.47 Å². The van der Waals surface area contributed by atoms with Crippen molar-refractivity contribution in [3.05, 3.63) is 48.6 Å². The number of ether oxygens (including phenoxy) is 2. The number of fused-ring (bicyclic) bond motifs is 1. The normalized spacial score (nSPS) is 30.2. The molecule has 0 aliphatic carbocycles. The Balaban J connectivity index is 1.95. The van der Waals surface area contributed by atoms with Gasteiger partial charge >= 0.3 is 5.97 Å². The van der Waals surface area contributed by atoms with Crippen LogP contribution in [-0.2, 0) is 19.1 Å². The Morgan fingerprint density at radius 2 is 2.23 bits per heavy atom. The van der Waals surface area contributed by atoms with Crippen LogP contribution in [0.25, 0.3) is 0 Å². The topological polar surface area (TPSA) is 55.8 Å². The Morgan fingerprint density at radius 3 is 2.86 bits per heavy atom. The molecule has 3 atom stereocenters. The number of hydrogen-bond acceptors (Lipinski definition) is 4. The van der Waals surface area contributed by atoms with Gasteiger partial charge in [-0.25, -0.2) is 0 Å². The third kappa shape index (κ3) is 2.04. The Bertz CT molecular complexity index is 600. The van der Waals surface area contributed by atoms with E-state index in [0.717, 1.165) is 5.56 Å². The van der Waals surface area contributed by atoms with E-state index in [1.807, 2.05) is 30.3 Å². The summed E-state index contributed by atoms with van der Waals surface area (Å²) in [5.74, 6) is -0.714. The van der Waals surface area contributed by atoms with Crippen molar-refractivity contribution in [1.29, 1.82) is 0 Å². The molecule has 0 aromatic heterocycles. The molecule has 0 spiro atoms. The zero-order valence-electron chi connectivity index (χ0n) is 12.5. The second kappa shape index (κ2) is 5.57. The van der Waals surface area contributed by atoms with Gasteiger partial charge < -0.3 is 14.4 Å². The summed E-state index contributed by atoms with van der Waals surface area (Å²) in [5.41, 5.74) is -0.240. The van der Waals surface area contributed by atoms with E-state index >= 15 is 0 Å². The lowest BCUT2D eigenvalue weighted by Crippen LogP contribution is -2.42. The number of carbonyl (C=O) groups is 2. The van der Waals surface area contributed by atoms with Crippen molar-refractivity contribution < 1.29 is 19.1 Å². The first kappa shape index (κ1) is 14.8. The highest BCUT2D eigenvalue weighted by Crippen LogP contribution is 2.47. The van der Waals surface area contributed by atoms with E-state index in [2.05, 4.69) is 6.58 Å². The largest absolute Gasteiger partial charge is 0.468 e. The summed E-state index contributed by atoms with van der Waals surface area (Å²) in [6.07, 6.45) is 1.87. The summed E-state index contributed by atoms with van der Waals surface area (Å²) in [5, 5.41) is 0. The van der Waals surface area contributed by atoms with Crippen LogP contribution in [0.3, 0.4) is 0 Å². The number of hydrogen-bond donors (Lipinski definition) is 0. The fourth-order valence-corrected chi connectivity index (χ4v) is 3.46. The van der Waals surface area contributed by atoms with Crippen molar-refractivity contribution in [3.63, 3.8) is 0 Å². The Labute approximate surface area is 129 Å². The molecule has 0 unspecified atom stereocenters. The van der Waals surface area contributed by atoms with E-state index in [-0.39, 0.29) is 18.4 Å². The van der Waals surface area contributed by atoms with Gasteiger partial charge in [0.25, 0.3) is 0 Å². The minimum absolute atomic E-state index is 0.100. The molecule has 1 amide bonds. The highest BCUT2D eigenvalue weighted by Gasteiger charge is 2.60. The summed E-state index contributed by atoms with van der Waals surface area (Å²) >= 11 is 0. The molecule has 22 heavy (non-hydrogen) atoms. The fraction of sp³-hybridized carbons (Fsp3) is 0.412. The highest BCUT2D eigenvalue weighted by atomic mass is 16.5. The third-order valence-corrected chi connectivity index (χ3v) is 4.47. The van der Waals surface area contributed by atoms with E-state index in [0.29, 0.717) is 13.0 Å². The number of nitrogens with zero attached hydrogens (tertiary/aromatic N) is 1. The summed E-state index contributed by atoms with van der Waals surface area (Å²) in [6.45, 7) is 4.11. The molecule has 2 saturated heterocycles. The van der Waals surface area contributed by atoms with Crippen LogP contribution in [0.5, 0.6) is 0 Å². The molecule has 0 radical (unpaired) electrons. The smallest absolute Gasteiger partial charge is 0.321 e. The van der Waals surface area contributed by atoms with Crippen molar-refractivity contribution in [2.45, 2.75) is 25.1 Å². The molecule has 2 heterocycles. The standard InChI is InChI=1S/C17H19NO4/c1-3-9-17(16(20)21-2)10-13-11-22-14(18(13)15(17)19)12-7-5-4-6-8-12/h3-8,13-14H,1,9-11H2,2H3/t13-,14+,17+/m0/s1. The maximum absolute atomic E-state index is 13.0. The van der Waals surface area contributed by atoms with Gasteiger partial charge in [0.2, 0.25) is 5.91 Å². The van der Waals surface area contributed by atoms with Gasteiger partial charge in [-0.05, 0) is 12.8 Å². The van der Waals surface area contributed by atoms with Gasteiger partial charge in [-0.3, -0.25) is 9.59 Å². The quantitative estimate of drug-likeness (QED) is 0.485. The molecule has 2 aliphatic rings. The first-order valence-corrected chi connectivity index (χ1v) is 7.32. The summed E-state index contributed by atoms with van der Waals surface area (Å²) in [4.78, 5) is 26.9. The molecule has 1 aromatic carbocycles. The molecule has 0 saturated carbocycles. The maximum atomic E-state index is 13.0. The zero-order chi connectivity index (χ0) is 15.7. The number of esters is 1. The summed E-state index contributed by atoms with van der Waals surface area (Å²) in [6, 6.07) is 9.47. The van der Waals surface area contributed by atoms with Crippen LogP contribution in [-0.4, -0.2) is 36.5 Å². The lowest BCUT2D eigenvalue weighted by Gasteiger charge is -2.27. The fourth-order valence-electron chi connectivity index (χ4n) is 3.46. The van der Waals surface area contributed by atoms with Crippen molar-refractivity contribution in [2.75, 3.05) is 13.7 Å². The molecule has 5 heteroatoms. The Morgan fingerprint density at radius 1 is 1.50 bits per heavy atom. The van der Waals surface area contributed by atoms with Gasteiger partial charge in [0.15, 0.2) is 11.6 Å². The number of methoxy groups -OCH3 is 1. The molecule has 1 aromatic rings. The molecule has 0 bridgehead atoms. The maximum Gasteiger partial charge on any atom is 0.321 e. The van der Waals surface area contributed by atoms with Crippen LogP contribution < -0.4 is 0 Å². The van der Waals surface area contributed by atoms with Gasteiger partial charge in [0.1, 0.15) is 0 Å². The number of benzene rings is 1. The van der Waals surface area contributed by atoms with E-state index < -0.39 is 17.6 Å². The van der Waals surface area contributed by atoms with E-state index in [9.17, 15) is 9.59 Å². The van der Waals surface area contributed by atoms with Crippen LogP contribution in [0.15, 0.2) is 43.0 Å². The van der Waals surface area contributed by atoms with Crippen molar-refractivity contribution in [2.24, 2.45) is 5.41 Å². The molecule has 116 valence electrons. The molecule has 2 fully saturated rings. The van der Waals surface area contributed by atoms with Crippen LogP contribution in [0.2, 0.25) is 0 Å². The van der Waals surface area contributed by atoms with Crippen LogP contribution in [0.1, 0.15) is 24.6 Å². The summed E-state index contributed by atoms with van der Waals surface area (Å²) < 4.78 is 10.7. The van der Waals surface area contributed by atoms with E-state index in [1.165, 1.54) is 7.11 Å². The minimum Gasteiger partial charge on any atom is -0.468 e. The van der Waals surface area contributed by atoms with Gasteiger partial charge in [-0.15, -0.1) is 6.58 Å². The van der Waals surface area contributed by atoms with Crippen LogP contribution in [0.4, 0.5) is 0 Å². The average Bonchev–Trinajstić information content (AvgIpc) is 3.07. The first-order valence-electron chi connectivity index (χ1n) is 7.32. The monoisotopic (exact) mass is 301 g/mol. The predicted octanol–water partition coefficient (Wildman–Crippen LogP) is 2.05. The second-order valence-electron chi connectivity index (χ2n) is 5.73. The van der Waals surface area contributed by atoms with Crippen LogP contribution >= 0.6 is 0 Å². The molecule has 3 rings (SSSR count). The lowest BCUT2D eigenvalue weighted by atomic mass is 9.81. The SMILES string of the molecule is C=CC[C@@]1(C(=O)OC)C[C@H]2CO[C@H](c3ccccc3)N2C1=O. The van der Waals surface area contributed by atoms with Crippen molar-refractivity contribution in [3.8, 4) is 0 Å². The lowest BCUT2D eigenvalue weighted by molar-refractivity contribution is -0.161. The molecular formula is C17H19NO4. The number of rotatable bonds is 4. The molecular weight excluding hydrogens is 282 g/mol.